The van der Waals surface area contributed by atoms with Crippen molar-refractivity contribution >= 4 is 40.1 Å². The lowest BCUT2D eigenvalue weighted by Crippen LogP contribution is -2.38. The fourth-order valence-corrected chi connectivity index (χ4v) is 3.15. The number of nitrogens with zero attached hydrogens (tertiary/aromatic N) is 1. The summed E-state index contributed by atoms with van der Waals surface area (Å²) in [4.78, 5) is 14.3. The summed E-state index contributed by atoms with van der Waals surface area (Å²) >= 11 is 8.07. The zero-order chi connectivity index (χ0) is 12.4. The smallest absolute Gasteiger partial charge is 0.254 e. The molecule has 2 rings (SSSR count). The van der Waals surface area contributed by atoms with Crippen molar-refractivity contribution in [2.45, 2.75) is 19.8 Å². The molecule has 1 fully saturated rings. The lowest BCUT2D eigenvalue weighted by Gasteiger charge is -2.30. The zero-order valence-electron chi connectivity index (χ0n) is 9.75. The first-order chi connectivity index (χ1) is 8.08. The normalized spacial score (nSPS) is 17.2. The van der Waals surface area contributed by atoms with E-state index < -0.39 is 0 Å². The molecule has 0 aliphatic carbocycles. The zero-order valence-corrected chi connectivity index (χ0v) is 12.7. The number of carbonyl (C=O) groups excluding carboxylic acids is 1. The van der Waals surface area contributed by atoms with Crippen molar-refractivity contribution in [3.63, 3.8) is 0 Å². The average molecular weight is 364 g/mol. The van der Waals surface area contributed by atoms with Gasteiger partial charge in [0.15, 0.2) is 0 Å². The van der Waals surface area contributed by atoms with Crippen LogP contribution < -0.4 is 0 Å². The number of likely N-dealkylation sites (tertiary alicyclic amines) is 1. The van der Waals surface area contributed by atoms with Crippen molar-refractivity contribution in [2.75, 3.05) is 13.1 Å². The molecule has 1 saturated heterocycles. The number of hydrogen-bond donors (Lipinski definition) is 0. The maximum Gasteiger partial charge on any atom is 0.254 e. The predicted molar refractivity (Wildman–Crippen MR) is 78.5 cm³/mol. The van der Waals surface area contributed by atoms with Crippen LogP contribution in [-0.2, 0) is 0 Å². The second-order valence-corrected chi connectivity index (χ2v) is 6.20. The highest BCUT2D eigenvalue weighted by molar-refractivity contribution is 14.1. The van der Waals surface area contributed by atoms with Crippen LogP contribution in [-0.4, -0.2) is 23.9 Å². The number of piperidine rings is 1. The van der Waals surface area contributed by atoms with Crippen LogP contribution in [0, 0.1) is 9.49 Å². The highest BCUT2D eigenvalue weighted by Gasteiger charge is 2.22. The standard InChI is InChI=1S/C13H15ClINO/c1-9-4-6-16(7-5-9)13(17)11-3-2-10(14)8-12(11)15/h2-3,8-9H,4-7H2,1H3. The fraction of sp³-hybridized carbons (Fsp3) is 0.462. The fourth-order valence-electron chi connectivity index (χ4n) is 2.04. The predicted octanol–water partition coefficient (Wildman–Crippen LogP) is 3.82. The average Bonchev–Trinajstić information content (AvgIpc) is 2.29. The van der Waals surface area contributed by atoms with Gasteiger partial charge in [-0.05, 0) is 59.5 Å². The number of benzene rings is 1. The van der Waals surface area contributed by atoms with E-state index in [0.29, 0.717) is 5.02 Å². The van der Waals surface area contributed by atoms with E-state index >= 15 is 0 Å². The molecule has 0 atom stereocenters. The van der Waals surface area contributed by atoms with E-state index in [9.17, 15) is 4.79 Å². The van der Waals surface area contributed by atoms with Gasteiger partial charge in [-0.3, -0.25) is 4.79 Å². The van der Waals surface area contributed by atoms with Gasteiger partial charge in [0.2, 0.25) is 0 Å². The van der Waals surface area contributed by atoms with Gasteiger partial charge in [-0.1, -0.05) is 18.5 Å². The lowest BCUT2D eigenvalue weighted by atomic mass is 9.98. The topological polar surface area (TPSA) is 20.3 Å². The molecule has 0 unspecified atom stereocenters. The second-order valence-electron chi connectivity index (χ2n) is 4.60. The van der Waals surface area contributed by atoms with Gasteiger partial charge in [0.25, 0.3) is 5.91 Å². The number of rotatable bonds is 1. The molecule has 2 nitrogen and oxygen atoms in total. The molecule has 0 radical (unpaired) electrons. The quantitative estimate of drug-likeness (QED) is 0.695. The van der Waals surface area contributed by atoms with Crippen molar-refractivity contribution in [2.24, 2.45) is 5.92 Å². The molecule has 0 spiro atoms. The third kappa shape index (κ3) is 3.13. The minimum atomic E-state index is 0.137. The van der Waals surface area contributed by atoms with Gasteiger partial charge in [-0.2, -0.15) is 0 Å². The minimum absolute atomic E-state index is 0.137. The van der Waals surface area contributed by atoms with E-state index in [1.807, 2.05) is 17.0 Å². The van der Waals surface area contributed by atoms with Crippen molar-refractivity contribution in [1.29, 1.82) is 0 Å². The van der Waals surface area contributed by atoms with Gasteiger partial charge < -0.3 is 4.90 Å². The summed E-state index contributed by atoms with van der Waals surface area (Å²) in [5.74, 6) is 0.876. The van der Waals surface area contributed by atoms with Crippen molar-refractivity contribution in [1.82, 2.24) is 4.90 Å². The highest BCUT2D eigenvalue weighted by atomic mass is 127. The van der Waals surface area contributed by atoms with Gasteiger partial charge in [0, 0.05) is 21.7 Å². The summed E-state index contributed by atoms with van der Waals surface area (Å²) in [7, 11) is 0. The molecule has 0 saturated carbocycles. The second kappa shape index (κ2) is 5.57. The van der Waals surface area contributed by atoms with Crippen molar-refractivity contribution in [3.05, 3.63) is 32.4 Å². The number of hydrogen-bond acceptors (Lipinski definition) is 1. The molecule has 0 aromatic heterocycles. The summed E-state index contributed by atoms with van der Waals surface area (Å²) in [5.41, 5.74) is 0.768. The summed E-state index contributed by atoms with van der Waals surface area (Å²) in [6.45, 7) is 3.99. The van der Waals surface area contributed by atoms with Crippen LogP contribution in [0.3, 0.4) is 0 Å². The van der Waals surface area contributed by atoms with E-state index in [4.69, 9.17) is 11.6 Å². The number of amides is 1. The minimum Gasteiger partial charge on any atom is -0.339 e. The lowest BCUT2D eigenvalue weighted by molar-refractivity contribution is 0.0696. The third-order valence-electron chi connectivity index (χ3n) is 3.23. The van der Waals surface area contributed by atoms with E-state index in [-0.39, 0.29) is 5.91 Å². The first-order valence-electron chi connectivity index (χ1n) is 5.82. The Kier molecular flexibility index (Phi) is 4.31. The molecule has 92 valence electrons. The summed E-state index contributed by atoms with van der Waals surface area (Å²) in [6.07, 6.45) is 2.21. The molecule has 0 N–H and O–H groups in total. The summed E-state index contributed by atoms with van der Waals surface area (Å²) in [6, 6.07) is 5.44. The maximum atomic E-state index is 12.3. The van der Waals surface area contributed by atoms with Crippen LogP contribution in [0.2, 0.25) is 5.02 Å². The Balaban J connectivity index is 2.14. The van der Waals surface area contributed by atoms with E-state index in [1.54, 1.807) is 6.07 Å². The summed E-state index contributed by atoms with van der Waals surface area (Å²) < 4.78 is 0.929. The highest BCUT2D eigenvalue weighted by Crippen LogP contribution is 2.22. The van der Waals surface area contributed by atoms with E-state index in [2.05, 4.69) is 29.5 Å². The Morgan fingerprint density at radius 3 is 2.65 bits per heavy atom. The van der Waals surface area contributed by atoms with Crippen molar-refractivity contribution in [3.8, 4) is 0 Å². The third-order valence-corrected chi connectivity index (χ3v) is 4.36. The Labute approximate surface area is 120 Å². The molecule has 17 heavy (non-hydrogen) atoms. The van der Waals surface area contributed by atoms with Crippen LogP contribution >= 0.6 is 34.2 Å². The Morgan fingerprint density at radius 2 is 2.06 bits per heavy atom. The Morgan fingerprint density at radius 1 is 1.41 bits per heavy atom. The van der Waals surface area contributed by atoms with Gasteiger partial charge in [0.05, 0.1) is 5.56 Å². The van der Waals surface area contributed by atoms with E-state index in [0.717, 1.165) is 41.0 Å². The SMILES string of the molecule is CC1CCN(C(=O)c2ccc(Cl)cc2I)CC1. The first-order valence-corrected chi connectivity index (χ1v) is 7.28. The molecule has 1 aliphatic heterocycles. The Bertz CT molecular complexity index is 427. The summed E-state index contributed by atoms with van der Waals surface area (Å²) in [5, 5.41) is 0.679. The van der Waals surface area contributed by atoms with Crippen LogP contribution in [0.4, 0.5) is 0 Å². The molecule has 0 bridgehead atoms. The largest absolute Gasteiger partial charge is 0.339 e. The molecule has 4 heteroatoms. The van der Waals surface area contributed by atoms with Crippen LogP contribution in [0.15, 0.2) is 18.2 Å². The molecule has 1 aliphatic rings. The monoisotopic (exact) mass is 363 g/mol. The van der Waals surface area contributed by atoms with Gasteiger partial charge >= 0.3 is 0 Å². The van der Waals surface area contributed by atoms with Crippen LogP contribution in [0.5, 0.6) is 0 Å². The number of carbonyl (C=O) groups is 1. The molecule has 1 aromatic rings. The van der Waals surface area contributed by atoms with Crippen molar-refractivity contribution < 1.29 is 4.79 Å². The van der Waals surface area contributed by atoms with E-state index in [1.165, 1.54) is 0 Å². The molecular weight excluding hydrogens is 349 g/mol. The van der Waals surface area contributed by atoms with Gasteiger partial charge in [-0.15, -0.1) is 0 Å². The molecule has 1 aromatic carbocycles. The van der Waals surface area contributed by atoms with Gasteiger partial charge in [0.1, 0.15) is 0 Å². The maximum absolute atomic E-state index is 12.3. The molecular formula is C13H15ClINO. The molecule has 1 amide bonds. The number of halogens is 2. The first kappa shape index (κ1) is 13.1. The van der Waals surface area contributed by atoms with Crippen LogP contribution in [0.1, 0.15) is 30.1 Å². The Hall–Kier alpha value is -0.290. The molecule has 1 heterocycles. The van der Waals surface area contributed by atoms with Gasteiger partial charge in [-0.25, -0.2) is 0 Å². The van der Waals surface area contributed by atoms with Crippen LogP contribution in [0.25, 0.3) is 0 Å².